The molecule has 6 heteroatoms. The van der Waals surface area contributed by atoms with E-state index in [1.165, 1.54) is 52.1 Å². The smallest absolute Gasteiger partial charge is 0.219 e. The van der Waals surface area contributed by atoms with Crippen LogP contribution in [0, 0.1) is 0 Å². The van der Waals surface area contributed by atoms with Gasteiger partial charge in [0.2, 0.25) is 5.91 Å². The van der Waals surface area contributed by atoms with E-state index in [0.29, 0.717) is 0 Å². The minimum atomic E-state index is 0.214. The molecule has 3 aliphatic heterocycles. The van der Waals surface area contributed by atoms with Crippen LogP contribution in [0.25, 0.3) is 0 Å². The highest BCUT2D eigenvalue weighted by Gasteiger charge is 2.35. The zero-order valence-electron chi connectivity index (χ0n) is 17.4. The zero-order chi connectivity index (χ0) is 18.7. The second-order valence-electron chi connectivity index (χ2n) is 9.15. The molecule has 3 fully saturated rings. The molecule has 0 atom stereocenters. The van der Waals surface area contributed by atoms with Crippen molar-refractivity contribution in [3.05, 3.63) is 0 Å². The SMILES string of the molecule is CC(=O)N1CCN(CC(C)(C)N2CCC(N3CCN(C)CC3)CC2)CC1. The summed E-state index contributed by atoms with van der Waals surface area (Å²) in [5, 5.41) is 0. The number of piperazine rings is 2. The molecular formula is C20H39N5O. The summed E-state index contributed by atoms with van der Waals surface area (Å²) < 4.78 is 0. The number of hydrogen-bond acceptors (Lipinski definition) is 5. The van der Waals surface area contributed by atoms with Gasteiger partial charge in [-0.05, 0) is 33.7 Å². The van der Waals surface area contributed by atoms with Crippen molar-refractivity contribution in [1.29, 1.82) is 0 Å². The van der Waals surface area contributed by atoms with Crippen LogP contribution in [0.3, 0.4) is 0 Å². The van der Waals surface area contributed by atoms with Crippen LogP contribution < -0.4 is 0 Å². The number of amides is 1. The van der Waals surface area contributed by atoms with Crippen molar-refractivity contribution < 1.29 is 4.79 Å². The van der Waals surface area contributed by atoms with E-state index in [4.69, 9.17) is 0 Å². The minimum absolute atomic E-state index is 0.214. The lowest BCUT2D eigenvalue weighted by Gasteiger charge is -2.48. The molecule has 3 rings (SSSR count). The highest BCUT2D eigenvalue weighted by atomic mass is 16.2. The third-order valence-electron chi connectivity index (χ3n) is 6.80. The summed E-state index contributed by atoms with van der Waals surface area (Å²) in [6.07, 6.45) is 2.62. The van der Waals surface area contributed by atoms with Crippen LogP contribution in [-0.4, -0.2) is 121 Å². The average molecular weight is 366 g/mol. The Bertz CT molecular complexity index is 459. The molecule has 0 unspecified atom stereocenters. The predicted molar refractivity (Wildman–Crippen MR) is 106 cm³/mol. The molecule has 0 spiro atoms. The Hall–Kier alpha value is -0.690. The van der Waals surface area contributed by atoms with Crippen molar-refractivity contribution in [2.24, 2.45) is 0 Å². The first-order chi connectivity index (χ1) is 12.3. The van der Waals surface area contributed by atoms with Gasteiger partial charge in [-0.3, -0.25) is 19.5 Å². The Labute approximate surface area is 160 Å². The van der Waals surface area contributed by atoms with Gasteiger partial charge in [0.25, 0.3) is 0 Å². The lowest BCUT2D eigenvalue weighted by atomic mass is 9.94. The fraction of sp³-hybridized carbons (Fsp3) is 0.950. The van der Waals surface area contributed by atoms with Crippen molar-refractivity contribution in [3.8, 4) is 0 Å². The zero-order valence-corrected chi connectivity index (χ0v) is 17.4. The van der Waals surface area contributed by atoms with E-state index in [9.17, 15) is 4.79 Å². The van der Waals surface area contributed by atoms with E-state index >= 15 is 0 Å². The molecule has 0 aromatic carbocycles. The van der Waals surface area contributed by atoms with E-state index in [0.717, 1.165) is 38.8 Å². The number of nitrogens with zero attached hydrogens (tertiary/aromatic N) is 5. The van der Waals surface area contributed by atoms with Crippen LogP contribution in [0.2, 0.25) is 0 Å². The Balaban J connectivity index is 1.43. The fourth-order valence-electron chi connectivity index (χ4n) is 4.89. The Kier molecular flexibility index (Phi) is 6.59. The fourth-order valence-corrected chi connectivity index (χ4v) is 4.89. The molecule has 3 aliphatic rings. The lowest BCUT2D eigenvalue weighted by molar-refractivity contribution is -0.130. The average Bonchev–Trinajstić information content (AvgIpc) is 2.62. The molecule has 0 radical (unpaired) electrons. The topological polar surface area (TPSA) is 33.3 Å². The van der Waals surface area contributed by atoms with Crippen LogP contribution >= 0.6 is 0 Å². The third-order valence-corrected chi connectivity index (χ3v) is 6.80. The summed E-state index contributed by atoms with van der Waals surface area (Å²) in [5.74, 6) is 0.217. The molecule has 0 saturated carbocycles. The van der Waals surface area contributed by atoms with Gasteiger partial charge in [-0.15, -0.1) is 0 Å². The highest BCUT2D eigenvalue weighted by molar-refractivity contribution is 5.73. The van der Waals surface area contributed by atoms with Crippen molar-refractivity contribution in [2.75, 3.05) is 79.0 Å². The summed E-state index contributed by atoms with van der Waals surface area (Å²) in [6, 6.07) is 0.787. The van der Waals surface area contributed by atoms with Gasteiger partial charge in [-0.2, -0.15) is 0 Å². The number of likely N-dealkylation sites (N-methyl/N-ethyl adjacent to an activating group) is 1. The van der Waals surface area contributed by atoms with E-state index in [2.05, 4.69) is 40.5 Å². The molecule has 3 heterocycles. The van der Waals surface area contributed by atoms with Gasteiger partial charge in [-0.1, -0.05) is 0 Å². The van der Waals surface area contributed by atoms with Crippen LogP contribution in [0.15, 0.2) is 0 Å². The predicted octanol–water partition coefficient (Wildman–Crippen LogP) is 0.641. The van der Waals surface area contributed by atoms with Gasteiger partial charge in [-0.25, -0.2) is 0 Å². The maximum absolute atomic E-state index is 11.5. The van der Waals surface area contributed by atoms with Crippen molar-refractivity contribution in [1.82, 2.24) is 24.5 Å². The molecule has 150 valence electrons. The summed E-state index contributed by atoms with van der Waals surface area (Å²) in [6.45, 7) is 18.8. The van der Waals surface area contributed by atoms with Crippen molar-refractivity contribution >= 4 is 5.91 Å². The largest absolute Gasteiger partial charge is 0.340 e. The Morgan fingerprint density at radius 2 is 1.46 bits per heavy atom. The summed E-state index contributed by atoms with van der Waals surface area (Å²) >= 11 is 0. The molecule has 0 aromatic heterocycles. The Morgan fingerprint density at radius 3 is 2.00 bits per heavy atom. The van der Waals surface area contributed by atoms with Gasteiger partial charge in [0.05, 0.1) is 0 Å². The minimum Gasteiger partial charge on any atom is -0.340 e. The van der Waals surface area contributed by atoms with Crippen molar-refractivity contribution in [2.45, 2.75) is 45.2 Å². The molecule has 3 saturated heterocycles. The van der Waals surface area contributed by atoms with Gasteiger partial charge in [0.15, 0.2) is 0 Å². The standard InChI is InChI=1S/C20H39N5O/c1-18(26)23-15-11-22(12-16-23)17-20(2,3)25-7-5-19(6-8-25)24-13-9-21(4)10-14-24/h19H,5-17H2,1-4H3. The highest BCUT2D eigenvalue weighted by Crippen LogP contribution is 2.25. The molecule has 0 N–H and O–H groups in total. The number of hydrogen-bond donors (Lipinski definition) is 0. The first kappa shape index (κ1) is 20.1. The van der Waals surface area contributed by atoms with E-state index in [-0.39, 0.29) is 11.4 Å². The van der Waals surface area contributed by atoms with E-state index < -0.39 is 0 Å². The second kappa shape index (κ2) is 8.55. The van der Waals surface area contributed by atoms with E-state index in [1.807, 2.05) is 4.90 Å². The third kappa shape index (κ3) is 4.97. The molecule has 26 heavy (non-hydrogen) atoms. The maximum Gasteiger partial charge on any atom is 0.219 e. The van der Waals surface area contributed by atoms with Crippen LogP contribution in [0.5, 0.6) is 0 Å². The summed E-state index contributed by atoms with van der Waals surface area (Å²) in [5.41, 5.74) is 0.214. The second-order valence-corrected chi connectivity index (χ2v) is 9.15. The monoisotopic (exact) mass is 365 g/mol. The quantitative estimate of drug-likeness (QED) is 0.730. The maximum atomic E-state index is 11.5. The molecular weight excluding hydrogens is 326 g/mol. The van der Waals surface area contributed by atoms with E-state index in [1.54, 1.807) is 6.92 Å². The summed E-state index contributed by atoms with van der Waals surface area (Å²) in [7, 11) is 2.23. The number of likely N-dealkylation sites (tertiary alicyclic amines) is 1. The molecule has 0 aliphatic carbocycles. The van der Waals surface area contributed by atoms with Gasteiger partial charge >= 0.3 is 0 Å². The number of rotatable bonds is 4. The number of piperidine rings is 1. The van der Waals surface area contributed by atoms with Gasteiger partial charge < -0.3 is 9.80 Å². The van der Waals surface area contributed by atoms with Gasteiger partial charge in [0.1, 0.15) is 0 Å². The normalized spacial score (nSPS) is 26.4. The summed E-state index contributed by atoms with van der Waals surface area (Å²) in [4.78, 5) is 23.9. The van der Waals surface area contributed by atoms with Crippen LogP contribution in [0.1, 0.15) is 33.6 Å². The first-order valence-electron chi connectivity index (χ1n) is 10.5. The lowest BCUT2D eigenvalue weighted by Crippen LogP contribution is -2.59. The number of carbonyl (C=O) groups is 1. The number of carbonyl (C=O) groups excluding carboxylic acids is 1. The molecule has 6 nitrogen and oxygen atoms in total. The molecule has 1 amide bonds. The van der Waals surface area contributed by atoms with Gasteiger partial charge in [0, 0.05) is 90.5 Å². The van der Waals surface area contributed by atoms with Crippen molar-refractivity contribution in [3.63, 3.8) is 0 Å². The van der Waals surface area contributed by atoms with Crippen LogP contribution in [-0.2, 0) is 4.79 Å². The Morgan fingerprint density at radius 1 is 0.885 bits per heavy atom. The van der Waals surface area contributed by atoms with Crippen LogP contribution in [0.4, 0.5) is 0 Å². The molecule has 0 aromatic rings. The molecule has 0 bridgehead atoms. The first-order valence-corrected chi connectivity index (χ1v) is 10.5.